The minimum absolute atomic E-state index is 0.161. The normalized spacial score (nSPS) is 15.0. The zero-order valence-electron chi connectivity index (χ0n) is 18.7. The molecule has 34 heavy (non-hydrogen) atoms. The first-order valence-corrected chi connectivity index (χ1v) is 11.9. The van der Waals surface area contributed by atoms with Gasteiger partial charge >= 0.3 is 6.09 Å². The standard InChI is InChI=1S/C24H25N5O4S/c1-2-29-18(7-9-27-29)13-26-24(31)33-15-17-3-5-19-20(12-25)23(34-21(19)11-17)28-22(30)6-4-16-8-10-32-14-16/h4,6-10,14,17H,2-3,5,11,13,15H2,1H3,(H,26,31)(H,28,30)/b6-4+. The zero-order chi connectivity index (χ0) is 23.9. The maximum absolute atomic E-state index is 12.3. The fourth-order valence-electron chi connectivity index (χ4n) is 3.90. The van der Waals surface area contributed by atoms with Crippen LogP contribution in [0.3, 0.4) is 0 Å². The van der Waals surface area contributed by atoms with Crippen LogP contribution < -0.4 is 10.6 Å². The number of anilines is 1. The summed E-state index contributed by atoms with van der Waals surface area (Å²) in [6.45, 7) is 3.38. The van der Waals surface area contributed by atoms with Crippen molar-refractivity contribution >= 4 is 34.4 Å². The fraction of sp³-hybridized carbons (Fsp3) is 0.333. The molecule has 0 saturated carbocycles. The van der Waals surface area contributed by atoms with Gasteiger partial charge < -0.3 is 19.8 Å². The summed E-state index contributed by atoms with van der Waals surface area (Å²) < 4.78 is 12.2. The molecular weight excluding hydrogens is 454 g/mol. The number of nitriles is 1. The van der Waals surface area contributed by atoms with Crippen LogP contribution >= 0.6 is 11.3 Å². The lowest BCUT2D eigenvalue weighted by Gasteiger charge is -2.21. The lowest BCUT2D eigenvalue weighted by atomic mass is 9.88. The smallest absolute Gasteiger partial charge is 0.407 e. The Bertz CT molecular complexity index is 1220. The van der Waals surface area contributed by atoms with Crippen LogP contribution in [-0.4, -0.2) is 28.4 Å². The molecule has 10 heteroatoms. The highest BCUT2D eigenvalue weighted by Gasteiger charge is 2.27. The maximum Gasteiger partial charge on any atom is 0.407 e. The molecule has 0 saturated heterocycles. The molecule has 3 heterocycles. The molecule has 1 aliphatic carbocycles. The van der Waals surface area contributed by atoms with E-state index in [-0.39, 0.29) is 11.8 Å². The average Bonchev–Trinajstić information content (AvgIpc) is 3.59. The number of carbonyl (C=O) groups is 2. The number of furan rings is 1. The monoisotopic (exact) mass is 479 g/mol. The number of amides is 2. The molecule has 3 aromatic heterocycles. The van der Waals surface area contributed by atoms with E-state index in [1.54, 1.807) is 18.3 Å². The molecule has 0 fully saturated rings. The molecule has 176 valence electrons. The van der Waals surface area contributed by atoms with Crippen molar-refractivity contribution in [3.63, 3.8) is 0 Å². The van der Waals surface area contributed by atoms with Crippen LogP contribution in [0, 0.1) is 17.2 Å². The van der Waals surface area contributed by atoms with Crippen molar-refractivity contribution in [1.82, 2.24) is 15.1 Å². The molecule has 9 nitrogen and oxygen atoms in total. The van der Waals surface area contributed by atoms with Gasteiger partial charge in [-0.2, -0.15) is 10.4 Å². The van der Waals surface area contributed by atoms with Crippen molar-refractivity contribution in [2.24, 2.45) is 5.92 Å². The highest BCUT2D eigenvalue weighted by atomic mass is 32.1. The molecule has 0 bridgehead atoms. The first-order valence-electron chi connectivity index (χ1n) is 11.0. The van der Waals surface area contributed by atoms with E-state index in [0.717, 1.165) is 34.7 Å². The Labute approximate surface area is 201 Å². The van der Waals surface area contributed by atoms with Crippen molar-refractivity contribution in [3.8, 4) is 6.07 Å². The second-order valence-corrected chi connectivity index (χ2v) is 9.00. The zero-order valence-corrected chi connectivity index (χ0v) is 19.6. The summed E-state index contributed by atoms with van der Waals surface area (Å²) in [5.41, 5.74) is 3.20. The number of rotatable bonds is 8. The SMILES string of the molecule is CCn1nccc1CNC(=O)OCC1CCc2c(sc(NC(=O)/C=C/c3ccoc3)c2C#N)C1. The number of carbonyl (C=O) groups excluding carboxylic acids is 2. The molecular formula is C24H25N5O4S. The third-order valence-corrected chi connectivity index (χ3v) is 6.82. The van der Waals surface area contributed by atoms with E-state index in [9.17, 15) is 14.9 Å². The Balaban J connectivity index is 1.30. The van der Waals surface area contributed by atoms with Gasteiger partial charge in [0.1, 0.15) is 11.1 Å². The van der Waals surface area contributed by atoms with Crippen molar-refractivity contribution in [1.29, 1.82) is 5.26 Å². The van der Waals surface area contributed by atoms with Crippen molar-refractivity contribution < 1.29 is 18.7 Å². The van der Waals surface area contributed by atoms with Crippen LogP contribution in [0.15, 0.2) is 41.3 Å². The van der Waals surface area contributed by atoms with Gasteiger partial charge in [0, 0.05) is 29.3 Å². The second-order valence-electron chi connectivity index (χ2n) is 7.90. The van der Waals surface area contributed by atoms with Gasteiger partial charge in [-0.15, -0.1) is 11.3 Å². The molecule has 2 N–H and O–H groups in total. The van der Waals surface area contributed by atoms with E-state index in [2.05, 4.69) is 21.8 Å². The number of aromatic nitrogens is 2. The van der Waals surface area contributed by atoms with Crippen LogP contribution in [-0.2, 0) is 35.5 Å². The Morgan fingerprint density at radius 2 is 2.32 bits per heavy atom. The van der Waals surface area contributed by atoms with Crippen molar-refractivity contribution in [2.45, 2.75) is 39.3 Å². The van der Waals surface area contributed by atoms with Gasteiger partial charge in [0.15, 0.2) is 0 Å². The molecule has 1 aliphatic rings. The van der Waals surface area contributed by atoms with E-state index in [0.29, 0.717) is 36.6 Å². The number of hydrogen-bond donors (Lipinski definition) is 2. The minimum atomic E-state index is -0.462. The van der Waals surface area contributed by atoms with Crippen LogP contribution in [0.4, 0.5) is 9.80 Å². The van der Waals surface area contributed by atoms with Crippen LogP contribution in [0.25, 0.3) is 6.08 Å². The van der Waals surface area contributed by atoms with Gasteiger partial charge in [-0.3, -0.25) is 9.48 Å². The molecule has 3 aromatic rings. The molecule has 0 radical (unpaired) electrons. The second kappa shape index (κ2) is 10.9. The Kier molecular flexibility index (Phi) is 7.44. The lowest BCUT2D eigenvalue weighted by Crippen LogP contribution is -2.28. The number of hydrogen-bond acceptors (Lipinski definition) is 7. The summed E-state index contributed by atoms with van der Waals surface area (Å²) in [6.07, 6.45) is 9.58. The minimum Gasteiger partial charge on any atom is -0.472 e. The Morgan fingerprint density at radius 1 is 1.44 bits per heavy atom. The average molecular weight is 480 g/mol. The number of aryl methyl sites for hydroxylation is 1. The summed E-state index contributed by atoms with van der Waals surface area (Å²) in [4.78, 5) is 25.5. The number of ether oxygens (including phenoxy) is 1. The van der Waals surface area contributed by atoms with Gasteiger partial charge in [0.05, 0.1) is 36.9 Å². The van der Waals surface area contributed by atoms with Gasteiger partial charge in [0.2, 0.25) is 5.91 Å². The molecule has 4 rings (SSSR count). The third-order valence-electron chi connectivity index (χ3n) is 5.65. The molecule has 1 unspecified atom stereocenters. The Hall–Kier alpha value is -3.84. The van der Waals surface area contributed by atoms with Gasteiger partial charge in [-0.25, -0.2) is 4.79 Å². The molecule has 0 aliphatic heterocycles. The van der Waals surface area contributed by atoms with E-state index < -0.39 is 6.09 Å². The topological polar surface area (TPSA) is 122 Å². The summed E-state index contributed by atoms with van der Waals surface area (Å²) in [7, 11) is 0. The fourth-order valence-corrected chi connectivity index (χ4v) is 5.22. The maximum atomic E-state index is 12.3. The van der Waals surface area contributed by atoms with Crippen LogP contribution in [0.1, 0.15) is 40.6 Å². The highest BCUT2D eigenvalue weighted by molar-refractivity contribution is 7.16. The predicted octanol–water partition coefficient (Wildman–Crippen LogP) is 4.11. The van der Waals surface area contributed by atoms with Crippen molar-refractivity contribution in [2.75, 3.05) is 11.9 Å². The molecule has 0 aromatic carbocycles. The first kappa shape index (κ1) is 23.3. The lowest BCUT2D eigenvalue weighted by molar-refractivity contribution is -0.111. The van der Waals surface area contributed by atoms with E-state index in [1.807, 2.05) is 17.7 Å². The summed E-state index contributed by atoms with van der Waals surface area (Å²) in [6, 6.07) is 5.85. The largest absolute Gasteiger partial charge is 0.472 e. The van der Waals surface area contributed by atoms with E-state index >= 15 is 0 Å². The number of thiophene rings is 1. The predicted molar refractivity (Wildman–Crippen MR) is 127 cm³/mol. The van der Waals surface area contributed by atoms with Crippen LogP contribution in [0.2, 0.25) is 0 Å². The number of nitrogens with one attached hydrogen (secondary N) is 2. The Morgan fingerprint density at radius 3 is 3.09 bits per heavy atom. The van der Waals surface area contributed by atoms with Gasteiger partial charge in [0.25, 0.3) is 0 Å². The molecule has 2 amide bonds. The first-order chi connectivity index (χ1) is 16.6. The number of nitrogens with zero attached hydrogens (tertiary/aromatic N) is 3. The molecule has 0 spiro atoms. The van der Waals surface area contributed by atoms with E-state index in [1.165, 1.54) is 29.9 Å². The van der Waals surface area contributed by atoms with Gasteiger partial charge in [-0.1, -0.05) is 0 Å². The third kappa shape index (κ3) is 5.55. The summed E-state index contributed by atoms with van der Waals surface area (Å²) >= 11 is 1.42. The summed E-state index contributed by atoms with van der Waals surface area (Å²) in [5.74, 6) is -0.147. The molecule has 1 atom stereocenters. The van der Waals surface area contributed by atoms with Crippen LogP contribution in [0.5, 0.6) is 0 Å². The van der Waals surface area contributed by atoms with Crippen molar-refractivity contribution in [3.05, 3.63) is 64.2 Å². The van der Waals surface area contributed by atoms with E-state index in [4.69, 9.17) is 9.15 Å². The highest BCUT2D eigenvalue weighted by Crippen LogP contribution is 2.39. The number of fused-ring (bicyclic) bond motifs is 1. The van der Waals surface area contributed by atoms with Gasteiger partial charge in [-0.05, 0) is 55.9 Å². The number of alkyl carbamates (subject to hydrolysis) is 1. The summed E-state index contributed by atoms with van der Waals surface area (Å²) in [5, 5.41) is 20.0. The quantitative estimate of drug-likeness (QED) is 0.469.